The molecule has 0 radical (unpaired) electrons. The Morgan fingerprint density at radius 1 is 0.783 bits per heavy atom. The van der Waals surface area contributed by atoms with Gasteiger partial charge in [0.25, 0.3) is 0 Å². The van der Waals surface area contributed by atoms with Crippen LogP contribution in [-0.2, 0) is 35.7 Å². The summed E-state index contributed by atoms with van der Waals surface area (Å²) in [7, 11) is 9.75. The summed E-state index contributed by atoms with van der Waals surface area (Å²) < 4.78 is 0. The van der Waals surface area contributed by atoms with Crippen LogP contribution in [0.4, 0.5) is 0 Å². The third-order valence-corrected chi connectivity index (χ3v) is 1.25. The van der Waals surface area contributed by atoms with E-state index in [2.05, 4.69) is 0 Å². The second-order valence-electron chi connectivity index (χ2n) is 3.15. The van der Waals surface area contributed by atoms with Gasteiger partial charge in [-0.05, 0) is 12.8 Å². The van der Waals surface area contributed by atoms with Crippen molar-refractivity contribution < 1.29 is 56.1 Å². The van der Waals surface area contributed by atoms with E-state index in [1.165, 1.54) is 0 Å². The van der Waals surface area contributed by atoms with Gasteiger partial charge in [0.05, 0.1) is 12.8 Å². The molecule has 0 aliphatic carbocycles. The van der Waals surface area contributed by atoms with Crippen LogP contribution < -0.4 is 21.7 Å². The van der Waals surface area contributed by atoms with Crippen LogP contribution in [0.5, 0.6) is 0 Å². The van der Waals surface area contributed by atoms with Crippen molar-refractivity contribution in [2.45, 2.75) is 25.7 Å². The van der Waals surface area contributed by atoms with Crippen LogP contribution in [0.25, 0.3) is 0 Å². The van der Waals surface area contributed by atoms with E-state index in [1.807, 2.05) is 0 Å². The van der Waals surface area contributed by atoms with Gasteiger partial charge in [-0.3, -0.25) is 9.59 Å². The normalized spacial score (nSPS) is 8.17. The maximum absolute atomic E-state index is 9.61. The molecular weight excluding hydrogens is 542 g/mol. The van der Waals surface area contributed by atoms with E-state index < -0.39 is 53.2 Å². The van der Waals surface area contributed by atoms with Gasteiger partial charge in [-0.15, -0.1) is 0 Å². The Hall–Kier alpha value is -0.932. The molecule has 0 aromatic rings. The number of aliphatic carboxylic acids is 4. The van der Waals surface area contributed by atoms with Gasteiger partial charge in [-0.2, -0.15) is 0 Å². The molecule has 0 spiro atoms. The van der Waals surface area contributed by atoms with E-state index in [0.717, 1.165) is 0 Å². The molecule has 0 saturated heterocycles. The SMILES string of the molecule is NCCN.O=C([O-])CCC(=O)O.O=C([O-])CCC(=O)O.[Cl][Pt+2][Cl]. The van der Waals surface area contributed by atoms with Crippen LogP contribution in [-0.4, -0.2) is 47.2 Å². The van der Waals surface area contributed by atoms with Crippen LogP contribution >= 0.6 is 18.8 Å². The van der Waals surface area contributed by atoms with Crippen LogP contribution in [0.3, 0.4) is 0 Å². The number of hydrogen-bond acceptors (Lipinski definition) is 8. The predicted molar refractivity (Wildman–Crippen MR) is 73.6 cm³/mol. The molecule has 13 heteroatoms. The van der Waals surface area contributed by atoms with Crippen LogP contribution in [0.1, 0.15) is 25.7 Å². The molecule has 0 aliphatic rings. The van der Waals surface area contributed by atoms with E-state index in [4.69, 9.17) is 40.5 Å². The fourth-order valence-electron chi connectivity index (χ4n) is 0.418. The molecule has 0 unspecified atom stereocenters. The number of carbonyl (C=O) groups is 4. The summed E-state index contributed by atoms with van der Waals surface area (Å²) in [6.07, 6.45) is -1.53. The van der Waals surface area contributed by atoms with E-state index in [1.54, 1.807) is 0 Å². The topological polar surface area (TPSA) is 207 Å². The summed E-state index contributed by atoms with van der Waals surface area (Å²) in [5.74, 6) is -4.89. The number of halogens is 2. The minimum absolute atomic E-state index is 0.359. The maximum atomic E-state index is 9.61. The number of carboxylic acid groups (broad SMARTS) is 4. The molecular formula is C10H18Cl2N2O8Pt. The van der Waals surface area contributed by atoms with Gasteiger partial charge in [0.1, 0.15) is 0 Å². The Morgan fingerprint density at radius 2 is 1.00 bits per heavy atom. The quantitative estimate of drug-likeness (QED) is 0.257. The van der Waals surface area contributed by atoms with Crippen LogP contribution in [0.15, 0.2) is 0 Å². The molecule has 0 amide bonds. The van der Waals surface area contributed by atoms with Crippen LogP contribution in [0.2, 0.25) is 0 Å². The minimum atomic E-state index is -1.33. The first kappa shape index (κ1) is 30.0. The summed E-state index contributed by atoms with van der Waals surface area (Å²) >= 11 is -0.472. The Balaban J connectivity index is -0.000000113. The number of hydrogen-bond donors (Lipinski definition) is 4. The van der Waals surface area contributed by atoms with Crippen molar-refractivity contribution in [3.63, 3.8) is 0 Å². The summed E-state index contributed by atoms with van der Waals surface area (Å²) in [6.45, 7) is 1.19. The monoisotopic (exact) mass is 559 g/mol. The molecule has 140 valence electrons. The average Bonchev–Trinajstić information content (AvgIpc) is 2.45. The van der Waals surface area contributed by atoms with Crippen molar-refractivity contribution >= 4 is 42.7 Å². The number of carbonyl (C=O) groups excluding carboxylic acids is 2. The van der Waals surface area contributed by atoms with Crippen molar-refractivity contribution in [1.29, 1.82) is 0 Å². The molecule has 0 atom stereocenters. The van der Waals surface area contributed by atoms with Crippen molar-refractivity contribution in [1.82, 2.24) is 0 Å². The first-order valence-corrected chi connectivity index (χ1v) is 11.3. The zero-order valence-corrected chi connectivity index (χ0v) is 15.6. The summed E-state index contributed by atoms with van der Waals surface area (Å²) in [4.78, 5) is 38.3. The van der Waals surface area contributed by atoms with Crippen LogP contribution in [0, 0.1) is 0 Å². The third-order valence-electron chi connectivity index (χ3n) is 1.25. The molecule has 0 fully saturated rings. The molecule has 10 nitrogen and oxygen atoms in total. The number of carboxylic acids is 4. The third kappa shape index (κ3) is 75.6. The standard InChI is InChI=1S/2C4H6O4.C2H8N2.2ClH.Pt/c2*5-3(6)1-2-4(7)8;3-1-2-4;;;/h2*1-2H2,(H,5,6)(H,7,8);1-4H2;2*1H;/q;;;;;+4/p-4. The van der Waals surface area contributed by atoms with Crippen molar-refractivity contribution in [3.05, 3.63) is 0 Å². The molecule has 0 bridgehead atoms. The zero-order valence-electron chi connectivity index (χ0n) is 11.8. The molecule has 0 aromatic carbocycles. The summed E-state index contributed by atoms with van der Waals surface area (Å²) in [5, 5.41) is 34.8. The molecule has 0 aromatic heterocycles. The molecule has 0 heterocycles. The molecule has 6 N–H and O–H groups in total. The van der Waals surface area contributed by atoms with E-state index in [9.17, 15) is 29.4 Å². The molecule has 0 saturated carbocycles. The van der Waals surface area contributed by atoms with Gasteiger partial charge in [0.2, 0.25) is 0 Å². The van der Waals surface area contributed by atoms with Gasteiger partial charge in [0, 0.05) is 25.0 Å². The fourth-order valence-corrected chi connectivity index (χ4v) is 0.418. The van der Waals surface area contributed by atoms with Crippen molar-refractivity contribution in [2.24, 2.45) is 11.5 Å². The zero-order chi connectivity index (χ0) is 19.3. The predicted octanol–water partition coefficient (Wildman–Crippen LogP) is -2.52. The second-order valence-corrected chi connectivity index (χ2v) is 6.44. The summed E-state index contributed by atoms with van der Waals surface area (Å²) in [5.41, 5.74) is 9.81. The Kier molecular flexibility index (Phi) is 33.9. The van der Waals surface area contributed by atoms with E-state index >= 15 is 0 Å². The first-order valence-electron chi connectivity index (χ1n) is 5.64. The van der Waals surface area contributed by atoms with Crippen molar-refractivity contribution in [3.8, 4) is 0 Å². The summed E-state index contributed by atoms with van der Waals surface area (Å²) in [6, 6.07) is 0. The fraction of sp³-hybridized carbons (Fsp3) is 0.600. The Morgan fingerprint density at radius 3 is 1.04 bits per heavy atom. The Bertz CT molecular complexity index is 276. The van der Waals surface area contributed by atoms with Gasteiger partial charge in [-0.1, -0.05) is 0 Å². The van der Waals surface area contributed by atoms with Crippen molar-refractivity contribution in [2.75, 3.05) is 13.1 Å². The average molecular weight is 560 g/mol. The molecule has 0 aliphatic heterocycles. The van der Waals surface area contributed by atoms with Gasteiger partial charge >= 0.3 is 47.3 Å². The second kappa shape index (κ2) is 26.0. The first-order chi connectivity index (χ1) is 10.6. The van der Waals surface area contributed by atoms with Gasteiger partial charge in [0.15, 0.2) is 0 Å². The number of nitrogens with two attached hydrogens (primary N) is 2. The molecule has 0 rings (SSSR count). The molecule has 23 heavy (non-hydrogen) atoms. The van der Waals surface area contributed by atoms with E-state index in [0.29, 0.717) is 13.1 Å². The van der Waals surface area contributed by atoms with Gasteiger partial charge < -0.3 is 41.5 Å². The van der Waals surface area contributed by atoms with E-state index in [-0.39, 0.29) is 12.8 Å². The van der Waals surface area contributed by atoms with Gasteiger partial charge in [-0.25, -0.2) is 0 Å². The number of rotatable bonds is 7. The Labute approximate surface area is 149 Å².